The summed E-state index contributed by atoms with van der Waals surface area (Å²) in [5.74, 6) is -2.48. The summed E-state index contributed by atoms with van der Waals surface area (Å²) in [4.78, 5) is 21.4. The van der Waals surface area contributed by atoms with Gasteiger partial charge < -0.3 is 20.7 Å². The average Bonchev–Trinajstić information content (AvgIpc) is 2.43. The quantitative estimate of drug-likeness (QED) is 0.375. The number of methoxy groups -OCH3 is 1. The Morgan fingerprint density at radius 2 is 2.05 bits per heavy atom. The van der Waals surface area contributed by atoms with Crippen molar-refractivity contribution in [2.45, 2.75) is 11.0 Å². The Labute approximate surface area is 120 Å². The molecule has 0 aliphatic heterocycles. The lowest BCUT2D eigenvalue weighted by Crippen LogP contribution is -2.37. The number of carboxylic acids is 1. The Bertz CT molecular complexity index is 657. The van der Waals surface area contributed by atoms with E-state index in [4.69, 9.17) is 10.8 Å². The number of nitrogens with one attached hydrogen (secondary N) is 1. The highest BCUT2D eigenvalue weighted by molar-refractivity contribution is 7.89. The summed E-state index contributed by atoms with van der Waals surface area (Å²) in [7, 11) is -3.25. The van der Waals surface area contributed by atoms with Gasteiger partial charge in [0, 0.05) is 12.2 Å². The number of carbonyl (C=O) groups is 2. The summed E-state index contributed by atoms with van der Waals surface area (Å²) in [6.07, 6.45) is -1.71. The zero-order valence-electron chi connectivity index (χ0n) is 10.9. The van der Waals surface area contributed by atoms with Gasteiger partial charge in [-0.2, -0.15) is 0 Å². The molecular weight excluding hydrogens is 304 g/mol. The molecule has 0 aromatic heterocycles. The molecule has 21 heavy (non-hydrogen) atoms. The molecule has 5 N–H and O–H groups in total. The summed E-state index contributed by atoms with van der Waals surface area (Å²) in [6, 6.07) is 3.26. The van der Waals surface area contributed by atoms with Crippen LogP contribution in [-0.2, 0) is 19.6 Å². The number of aliphatic hydroxyl groups excluding tert-OH is 1. The number of benzene rings is 1. The number of esters is 1. The van der Waals surface area contributed by atoms with Crippen molar-refractivity contribution in [1.82, 2.24) is 4.72 Å². The Kier molecular flexibility index (Phi) is 5.24. The Morgan fingerprint density at radius 1 is 1.43 bits per heavy atom. The van der Waals surface area contributed by atoms with Gasteiger partial charge in [0.2, 0.25) is 10.0 Å². The summed E-state index contributed by atoms with van der Waals surface area (Å²) in [5.41, 5.74) is 5.01. The summed E-state index contributed by atoms with van der Waals surface area (Å²) >= 11 is 0. The van der Waals surface area contributed by atoms with Gasteiger partial charge in [-0.05, 0) is 18.2 Å². The number of nitrogens with two attached hydrogens (primary N) is 1. The summed E-state index contributed by atoms with van der Waals surface area (Å²) in [6.45, 7) is -0.664. The molecule has 9 nitrogen and oxygen atoms in total. The Morgan fingerprint density at radius 3 is 2.57 bits per heavy atom. The first kappa shape index (κ1) is 16.9. The number of hydrogen-bond acceptors (Lipinski definition) is 7. The molecule has 0 aliphatic rings. The number of aromatic carboxylic acids is 1. The number of aliphatic hydroxyl groups is 1. The Balaban J connectivity index is 3.06. The monoisotopic (exact) mass is 318 g/mol. The van der Waals surface area contributed by atoms with Crippen molar-refractivity contribution >= 4 is 27.6 Å². The highest BCUT2D eigenvalue weighted by atomic mass is 32.2. The molecule has 0 amide bonds. The highest BCUT2D eigenvalue weighted by Gasteiger charge is 2.25. The van der Waals surface area contributed by atoms with E-state index in [1.165, 1.54) is 6.07 Å². The first-order valence-electron chi connectivity index (χ1n) is 5.57. The molecule has 0 radical (unpaired) electrons. The van der Waals surface area contributed by atoms with Crippen LogP contribution in [0.4, 0.5) is 5.69 Å². The normalized spacial score (nSPS) is 12.7. The van der Waals surface area contributed by atoms with Crippen LogP contribution in [0.5, 0.6) is 0 Å². The number of hydrogen-bond donors (Lipinski definition) is 4. The molecule has 0 spiro atoms. The third-order valence-corrected chi connectivity index (χ3v) is 3.93. The van der Waals surface area contributed by atoms with Crippen LogP contribution in [0.15, 0.2) is 23.1 Å². The fraction of sp³-hybridized carbons (Fsp3) is 0.273. The van der Waals surface area contributed by atoms with E-state index >= 15 is 0 Å². The molecular formula is C11H14N2O7S. The van der Waals surface area contributed by atoms with Gasteiger partial charge in [-0.3, -0.25) is 0 Å². The lowest BCUT2D eigenvalue weighted by Gasteiger charge is -2.12. The SMILES string of the molecule is COC(=O)C(O)CNS(=O)(=O)c1cc(N)ccc1C(=O)O. The van der Waals surface area contributed by atoms with E-state index in [9.17, 15) is 23.1 Å². The minimum absolute atomic E-state index is 0.0499. The van der Waals surface area contributed by atoms with Gasteiger partial charge >= 0.3 is 11.9 Å². The smallest absolute Gasteiger partial charge is 0.337 e. The lowest BCUT2D eigenvalue weighted by molar-refractivity contribution is -0.149. The maximum atomic E-state index is 12.0. The number of nitrogen functional groups attached to an aromatic ring is 1. The van der Waals surface area contributed by atoms with E-state index in [1.807, 2.05) is 4.72 Å². The van der Waals surface area contributed by atoms with Crippen molar-refractivity contribution in [2.24, 2.45) is 0 Å². The van der Waals surface area contributed by atoms with Crippen molar-refractivity contribution in [3.8, 4) is 0 Å². The maximum Gasteiger partial charge on any atom is 0.337 e. The largest absolute Gasteiger partial charge is 0.478 e. The van der Waals surface area contributed by atoms with E-state index < -0.39 is 45.1 Å². The van der Waals surface area contributed by atoms with Gasteiger partial charge in [0.15, 0.2) is 6.10 Å². The third kappa shape index (κ3) is 4.15. The van der Waals surface area contributed by atoms with Crippen LogP contribution < -0.4 is 10.5 Å². The number of ether oxygens (including phenoxy) is 1. The van der Waals surface area contributed by atoms with Gasteiger partial charge in [0.1, 0.15) is 0 Å². The third-order valence-electron chi connectivity index (χ3n) is 2.47. The fourth-order valence-corrected chi connectivity index (χ4v) is 2.69. The molecule has 1 aromatic rings. The molecule has 0 saturated carbocycles. The summed E-state index contributed by atoms with van der Waals surface area (Å²) in [5, 5.41) is 18.3. The number of carbonyl (C=O) groups excluding carboxylic acids is 1. The van der Waals surface area contributed by atoms with Crippen LogP contribution in [0.1, 0.15) is 10.4 Å². The van der Waals surface area contributed by atoms with Crippen LogP contribution >= 0.6 is 0 Å². The predicted octanol–water partition coefficient (Wildman–Crippen LogP) is -1.22. The molecule has 0 saturated heterocycles. The van der Waals surface area contributed by atoms with Gasteiger partial charge in [-0.25, -0.2) is 22.7 Å². The number of sulfonamides is 1. The lowest BCUT2D eigenvalue weighted by atomic mass is 10.2. The minimum atomic E-state index is -4.27. The van der Waals surface area contributed by atoms with Crippen molar-refractivity contribution in [3.63, 3.8) is 0 Å². The highest BCUT2D eigenvalue weighted by Crippen LogP contribution is 2.19. The number of rotatable bonds is 6. The van der Waals surface area contributed by atoms with Gasteiger partial charge in [0.05, 0.1) is 17.6 Å². The summed E-state index contributed by atoms with van der Waals surface area (Å²) < 4.78 is 30.2. The van der Waals surface area contributed by atoms with Gasteiger partial charge in [-0.15, -0.1) is 0 Å². The molecule has 1 aromatic carbocycles. The molecule has 1 unspecified atom stereocenters. The van der Waals surface area contributed by atoms with E-state index in [1.54, 1.807) is 0 Å². The number of carboxylic acid groups (broad SMARTS) is 1. The predicted molar refractivity (Wildman–Crippen MR) is 71.0 cm³/mol. The van der Waals surface area contributed by atoms with Crippen LogP contribution in [0.3, 0.4) is 0 Å². The standard InChI is InChI=1S/C11H14N2O7S/c1-20-11(17)8(14)5-13-21(18,19)9-4-6(12)2-3-7(9)10(15)16/h2-4,8,13-14H,5,12H2,1H3,(H,15,16). The van der Waals surface area contributed by atoms with E-state index in [0.717, 1.165) is 19.2 Å². The first-order chi connectivity index (χ1) is 9.69. The first-order valence-corrected chi connectivity index (χ1v) is 7.05. The molecule has 1 atom stereocenters. The molecule has 0 aliphatic carbocycles. The minimum Gasteiger partial charge on any atom is -0.478 e. The topological polar surface area (TPSA) is 156 Å². The Hall–Kier alpha value is -2.17. The second-order valence-electron chi connectivity index (χ2n) is 3.95. The fourth-order valence-electron chi connectivity index (χ4n) is 1.42. The second-order valence-corrected chi connectivity index (χ2v) is 5.69. The molecule has 116 valence electrons. The number of anilines is 1. The van der Waals surface area contributed by atoms with Crippen molar-refractivity contribution in [2.75, 3.05) is 19.4 Å². The molecule has 10 heteroatoms. The molecule has 0 bridgehead atoms. The van der Waals surface area contributed by atoms with Crippen LogP contribution in [0.2, 0.25) is 0 Å². The zero-order chi connectivity index (χ0) is 16.2. The van der Waals surface area contributed by atoms with Crippen LogP contribution in [-0.4, -0.2) is 50.3 Å². The van der Waals surface area contributed by atoms with Crippen LogP contribution in [0.25, 0.3) is 0 Å². The van der Waals surface area contributed by atoms with Crippen molar-refractivity contribution in [3.05, 3.63) is 23.8 Å². The van der Waals surface area contributed by atoms with Crippen LogP contribution in [0, 0.1) is 0 Å². The molecule has 0 fully saturated rings. The van der Waals surface area contributed by atoms with Gasteiger partial charge in [0.25, 0.3) is 0 Å². The average molecular weight is 318 g/mol. The van der Waals surface area contributed by atoms with Crippen molar-refractivity contribution in [1.29, 1.82) is 0 Å². The van der Waals surface area contributed by atoms with E-state index in [0.29, 0.717) is 0 Å². The maximum absolute atomic E-state index is 12.0. The van der Waals surface area contributed by atoms with E-state index in [2.05, 4.69) is 4.74 Å². The van der Waals surface area contributed by atoms with E-state index in [-0.39, 0.29) is 5.69 Å². The molecule has 1 rings (SSSR count). The van der Waals surface area contributed by atoms with Crippen molar-refractivity contribution < 1.29 is 33.0 Å². The zero-order valence-corrected chi connectivity index (χ0v) is 11.8. The molecule has 0 heterocycles. The van der Waals surface area contributed by atoms with Gasteiger partial charge in [-0.1, -0.05) is 0 Å². The second kappa shape index (κ2) is 6.52.